The predicted molar refractivity (Wildman–Crippen MR) is 106 cm³/mol. The van der Waals surface area contributed by atoms with Gasteiger partial charge < -0.3 is 10.7 Å². The van der Waals surface area contributed by atoms with E-state index in [-0.39, 0.29) is 28.6 Å². The number of alkyl halides is 3. The zero-order valence-electron chi connectivity index (χ0n) is 15.1. The minimum absolute atomic E-state index is 0.0623. The third-order valence-electron chi connectivity index (χ3n) is 4.40. The van der Waals surface area contributed by atoms with E-state index in [1.165, 1.54) is 12.3 Å². The van der Waals surface area contributed by atoms with E-state index in [4.69, 9.17) is 5.73 Å². The molecule has 0 unspecified atom stereocenters. The molecule has 2 aromatic carbocycles. The summed E-state index contributed by atoms with van der Waals surface area (Å²) in [7, 11) is -2.53. The Hall–Kier alpha value is -3.47. The number of rotatable bonds is 4. The van der Waals surface area contributed by atoms with Gasteiger partial charge in [0.2, 0.25) is 0 Å². The van der Waals surface area contributed by atoms with Crippen molar-refractivity contribution in [3.8, 4) is 22.8 Å². The predicted octanol–water partition coefficient (Wildman–Crippen LogP) is 3.40. The first-order chi connectivity index (χ1) is 14.2. The topological polar surface area (TPSA) is 115 Å². The minimum atomic E-state index is -4.47. The van der Waals surface area contributed by atoms with Crippen molar-refractivity contribution in [1.29, 1.82) is 0 Å². The highest BCUT2D eigenvalue weighted by Crippen LogP contribution is 2.32. The van der Waals surface area contributed by atoms with Crippen molar-refractivity contribution in [2.45, 2.75) is 11.9 Å². The van der Waals surface area contributed by atoms with Crippen LogP contribution in [-0.4, -0.2) is 28.4 Å². The van der Waals surface area contributed by atoms with Gasteiger partial charge in [-0.05, 0) is 23.8 Å². The zero-order valence-corrected chi connectivity index (χ0v) is 16.0. The molecule has 7 nitrogen and oxygen atoms in total. The first-order valence-electron chi connectivity index (χ1n) is 8.61. The van der Waals surface area contributed by atoms with Crippen molar-refractivity contribution in [1.82, 2.24) is 19.9 Å². The van der Waals surface area contributed by atoms with Crippen LogP contribution < -0.4 is 5.73 Å². The molecular formula is C19H14F3N5O2S. The molecule has 4 aromatic rings. The van der Waals surface area contributed by atoms with Crippen LogP contribution in [-0.2, 0) is 22.6 Å². The number of aromatic amines is 1. The third-order valence-corrected chi connectivity index (χ3v) is 5.02. The van der Waals surface area contributed by atoms with Crippen LogP contribution in [0.25, 0.3) is 33.8 Å². The number of halogens is 3. The summed E-state index contributed by atoms with van der Waals surface area (Å²) in [6.07, 6.45) is -3.02. The lowest BCUT2D eigenvalue weighted by Crippen LogP contribution is -2.04. The number of nitrogens with two attached hydrogens (primary N) is 1. The van der Waals surface area contributed by atoms with Crippen LogP contribution in [0.15, 0.2) is 48.7 Å². The summed E-state index contributed by atoms with van der Waals surface area (Å²) in [6, 6.07) is 9.93. The molecular weight excluding hydrogens is 419 g/mol. The molecule has 0 radical (unpaired) electrons. The Morgan fingerprint density at radius 3 is 2.43 bits per heavy atom. The lowest BCUT2D eigenvalue weighted by molar-refractivity contribution is -0.137. The molecule has 0 aliphatic heterocycles. The maximum Gasteiger partial charge on any atom is 0.416 e. The largest absolute Gasteiger partial charge is 0.416 e. The molecule has 2 aromatic heterocycles. The third kappa shape index (κ3) is 3.96. The van der Waals surface area contributed by atoms with Gasteiger partial charge in [0.1, 0.15) is 16.4 Å². The number of benzene rings is 2. The zero-order chi connectivity index (χ0) is 21.5. The molecule has 154 valence electrons. The Labute approximate surface area is 169 Å². The maximum absolute atomic E-state index is 12.9. The van der Waals surface area contributed by atoms with E-state index in [1.54, 1.807) is 24.3 Å². The molecule has 0 bridgehead atoms. The molecule has 0 spiro atoms. The average molecular weight is 433 g/mol. The highest BCUT2D eigenvalue weighted by molar-refractivity contribution is 7.71. The Kier molecular flexibility index (Phi) is 4.90. The summed E-state index contributed by atoms with van der Waals surface area (Å²) in [5.74, 6) is 0.192. The van der Waals surface area contributed by atoms with Crippen LogP contribution in [0.4, 0.5) is 19.0 Å². The molecule has 3 N–H and O–H groups in total. The Morgan fingerprint density at radius 2 is 1.77 bits per heavy atom. The fraction of sp³-hybridized carbons (Fsp3) is 0.105. The first kappa shape index (κ1) is 19.8. The molecule has 11 heteroatoms. The SMILES string of the molecule is Nc1ncc(-c2ccc(C[SH](=O)=O)cc2)nc1-c1nc2ccc(C(F)(F)F)cc2[nH]1. The lowest BCUT2D eigenvalue weighted by Gasteiger charge is -2.06. The lowest BCUT2D eigenvalue weighted by atomic mass is 10.1. The molecule has 0 saturated carbocycles. The molecule has 30 heavy (non-hydrogen) atoms. The molecule has 0 aliphatic carbocycles. The molecule has 0 fully saturated rings. The van der Waals surface area contributed by atoms with Gasteiger partial charge in [-0.1, -0.05) is 24.3 Å². The van der Waals surface area contributed by atoms with Gasteiger partial charge in [0.15, 0.2) is 11.6 Å². The van der Waals surface area contributed by atoms with Crippen molar-refractivity contribution in [3.05, 3.63) is 59.8 Å². The highest BCUT2D eigenvalue weighted by atomic mass is 32.2. The van der Waals surface area contributed by atoms with E-state index in [1.807, 2.05) is 0 Å². The standard InChI is InChI=1S/C19H14F3N5O2S/c20-19(21,22)12-5-6-13-14(7-12)27-18(26-13)16-17(23)24-8-15(25-16)11-3-1-10(2-4-11)9-30(28)29/h1-8,30H,9H2,(H2,23,24)(H,26,27). The fourth-order valence-corrected chi connectivity index (χ4v) is 3.45. The normalized spacial score (nSPS) is 12.0. The van der Waals surface area contributed by atoms with E-state index in [0.717, 1.165) is 12.1 Å². The number of nitrogens with zero attached hydrogens (tertiary/aromatic N) is 3. The van der Waals surface area contributed by atoms with Crippen molar-refractivity contribution in [3.63, 3.8) is 0 Å². The van der Waals surface area contributed by atoms with Gasteiger partial charge in [-0.15, -0.1) is 0 Å². The molecule has 0 aliphatic rings. The molecule has 0 atom stereocenters. The Morgan fingerprint density at radius 1 is 1.03 bits per heavy atom. The number of nitrogen functional groups attached to an aromatic ring is 1. The number of aromatic nitrogens is 4. The van der Waals surface area contributed by atoms with E-state index >= 15 is 0 Å². The van der Waals surface area contributed by atoms with Crippen molar-refractivity contribution in [2.24, 2.45) is 0 Å². The van der Waals surface area contributed by atoms with Crippen LogP contribution in [0.3, 0.4) is 0 Å². The molecule has 4 rings (SSSR count). The molecule has 0 saturated heterocycles. The number of thiol groups is 1. The van der Waals surface area contributed by atoms with Crippen LogP contribution in [0.1, 0.15) is 11.1 Å². The second-order valence-corrected chi connectivity index (χ2v) is 7.47. The monoisotopic (exact) mass is 433 g/mol. The van der Waals surface area contributed by atoms with E-state index in [9.17, 15) is 21.6 Å². The van der Waals surface area contributed by atoms with E-state index in [0.29, 0.717) is 22.3 Å². The summed E-state index contributed by atoms with van der Waals surface area (Å²) in [5, 5.41) is 0. The Balaban J connectivity index is 1.73. The summed E-state index contributed by atoms with van der Waals surface area (Å²) in [4.78, 5) is 15.6. The smallest absolute Gasteiger partial charge is 0.382 e. The van der Waals surface area contributed by atoms with E-state index < -0.39 is 22.4 Å². The van der Waals surface area contributed by atoms with Crippen LogP contribution >= 0.6 is 0 Å². The number of imidazole rings is 1. The minimum Gasteiger partial charge on any atom is -0.382 e. The maximum atomic E-state index is 12.9. The van der Waals surface area contributed by atoms with Crippen LogP contribution in [0.5, 0.6) is 0 Å². The van der Waals surface area contributed by atoms with Crippen molar-refractivity contribution < 1.29 is 21.6 Å². The summed E-state index contributed by atoms with van der Waals surface area (Å²) in [5.41, 5.74) is 7.61. The Bertz CT molecular complexity index is 1310. The molecule has 0 amide bonds. The summed E-state index contributed by atoms with van der Waals surface area (Å²) in [6.45, 7) is 0. The average Bonchev–Trinajstić information content (AvgIpc) is 3.11. The van der Waals surface area contributed by atoms with Crippen LogP contribution in [0.2, 0.25) is 0 Å². The number of H-pyrrole nitrogens is 1. The fourth-order valence-electron chi connectivity index (χ4n) is 2.94. The van der Waals surface area contributed by atoms with Gasteiger partial charge in [-0.25, -0.2) is 23.4 Å². The number of nitrogens with one attached hydrogen (secondary N) is 1. The quantitative estimate of drug-likeness (QED) is 0.425. The van der Waals surface area contributed by atoms with Gasteiger partial charge in [0.25, 0.3) is 0 Å². The van der Waals surface area contributed by atoms with Crippen LogP contribution in [0, 0.1) is 0 Å². The second-order valence-electron chi connectivity index (χ2n) is 6.49. The number of hydrogen-bond donors (Lipinski definition) is 3. The summed E-state index contributed by atoms with van der Waals surface area (Å²) < 4.78 is 60.5. The van der Waals surface area contributed by atoms with E-state index in [2.05, 4.69) is 19.9 Å². The van der Waals surface area contributed by atoms with Gasteiger partial charge in [-0.2, -0.15) is 13.2 Å². The second kappa shape index (κ2) is 7.41. The first-order valence-corrected chi connectivity index (χ1v) is 9.98. The van der Waals surface area contributed by atoms with Gasteiger partial charge >= 0.3 is 6.18 Å². The van der Waals surface area contributed by atoms with Crippen molar-refractivity contribution >= 4 is 27.6 Å². The van der Waals surface area contributed by atoms with Gasteiger partial charge in [-0.3, -0.25) is 0 Å². The number of hydrogen-bond acceptors (Lipinski definition) is 6. The highest BCUT2D eigenvalue weighted by Gasteiger charge is 2.30. The summed E-state index contributed by atoms with van der Waals surface area (Å²) >= 11 is 0. The van der Waals surface area contributed by atoms with Gasteiger partial charge in [0.05, 0.1) is 34.2 Å². The number of anilines is 1. The van der Waals surface area contributed by atoms with Gasteiger partial charge in [0, 0.05) is 5.56 Å². The molecule has 2 heterocycles. The van der Waals surface area contributed by atoms with Crippen molar-refractivity contribution in [2.75, 3.05) is 5.73 Å². The number of fused-ring (bicyclic) bond motifs is 1.